The largest absolute Gasteiger partial charge is 0.362 e. The van der Waals surface area contributed by atoms with E-state index in [1.54, 1.807) is 36.4 Å². The summed E-state index contributed by atoms with van der Waals surface area (Å²) >= 11 is 0. The number of hydrogen-bond donors (Lipinski definition) is 2. The van der Waals surface area contributed by atoms with Crippen molar-refractivity contribution in [1.82, 2.24) is 9.62 Å². The number of rotatable bonds is 2. The maximum Gasteiger partial charge on any atom is 0.255 e. The summed E-state index contributed by atoms with van der Waals surface area (Å²) in [6.45, 7) is 0.708. The van der Waals surface area contributed by atoms with Crippen LogP contribution in [-0.4, -0.2) is 37.4 Å². The van der Waals surface area contributed by atoms with E-state index in [9.17, 15) is 13.2 Å². The second kappa shape index (κ2) is 5.86. The molecule has 0 unspecified atom stereocenters. The van der Waals surface area contributed by atoms with Crippen molar-refractivity contribution in [2.24, 2.45) is 0 Å². The zero-order valence-electron chi connectivity index (χ0n) is 13.6. The number of carbonyl (C=O) groups is 1. The minimum atomic E-state index is -3.50. The first-order chi connectivity index (χ1) is 12.0. The van der Waals surface area contributed by atoms with Crippen molar-refractivity contribution < 1.29 is 13.2 Å². The molecule has 25 heavy (non-hydrogen) atoms. The third-order valence-electron chi connectivity index (χ3n) is 4.86. The Kier molecular flexibility index (Phi) is 3.77. The molecule has 0 aliphatic carbocycles. The summed E-state index contributed by atoms with van der Waals surface area (Å²) < 4.78 is 27.0. The number of anilines is 1. The molecule has 0 atom stereocenters. The summed E-state index contributed by atoms with van der Waals surface area (Å²) in [5, 5.41) is 6.43. The first-order valence-corrected chi connectivity index (χ1v) is 9.69. The fourth-order valence-electron chi connectivity index (χ4n) is 3.46. The SMILES string of the molecule is O=C1NC2(CCN(S(=O)(=O)c3ccccc3)CC2)Nc2ccccc21. The van der Waals surface area contributed by atoms with E-state index in [1.807, 2.05) is 18.2 Å². The highest BCUT2D eigenvalue weighted by Gasteiger charge is 2.42. The number of sulfonamides is 1. The van der Waals surface area contributed by atoms with Gasteiger partial charge in [0, 0.05) is 31.6 Å². The van der Waals surface area contributed by atoms with Gasteiger partial charge in [0.15, 0.2) is 0 Å². The van der Waals surface area contributed by atoms with Crippen LogP contribution >= 0.6 is 0 Å². The minimum Gasteiger partial charge on any atom is -0.362 e. The van der Waals surface area contributed by atoms with E-state index in [-0.39, 0.29) is 5.91 Å². The molecular formula is C18H19N3O3S. The van der Waals surface area contributed by atoms with Gasteiger partial charge in [0.05, 0.1) is 10.5 Å². The zero-order chi connectivity index (χ0) is 17.5. The molecule has 1 saturated heterocycles. The number of nitrogens with one attached hydrogen (secondary N) is 2. The summed E-state index contributed by atoms with van der Waals surface area (Å²) in [5.74, 6) is -0.117. The number of benzene rings is 2. The van der Waals surface area contributed by atoms with Crippen LogP contribution in [0.15, 0.2) is 59.5 Å². The van der Waals surface area contributed by atoms with Crippen LogP contribution in [-0.2, 0) is 10.0 Å². The molecule has 0 aromatic heterocycles. The molecule has 7 heteroatoms. The Morgan fingerprint density at radius 1 is 0.880 bits per heavy atom. The Morgan fingerprint density at radius 2 is 1.52 bits per heavy atom. The first-order valence-electron chi connectivity index (χ1n) is 8.25. The van der Waals surface area contributed by atoms with Gasteiger partial charge in [-0.15, -0.1) is 0 Å². The Labute approximate surface area is 146 Å². The summed E-state index contributed by atoms with van der Waals surface area (Å²) in [7, 11) is -3.50. The normalized spacial score (nSPS) is 19.8. The molecule has 2 N–H and O–H groups in total. The van der Waals surface area contributed by atoms with Gasteiger partial charge in [-0.2, -0.15) is 4.31 Å². The molecule has 1 amide bonds. The second-order valence-corrected chi connectivity index (χ2v) is 8.36. The summed E-state index contributed by atoms with van der Waals surface area (Å²) in [6.07, 6.45) is 1.03. The third-order valence-corrected chi connectivity index (χ3v) is 6.77. The minimum absolute atomic E-state index is 0.117. The monoisotopic (exact) mass is 357 g/mol. The molecule has 2 aliphatic rings. The van der Waals surface area contributed by atoms with Crippen molar-refractivity contribution in [1.29, 1.82) is 0 Å². The van der Waals surface area contributed by atoms with Gasteiger partial charge in [0.2, 0.25) is 10.0 Å². The molecule has 2 aromatic rings. The van der Waals surface area contributed by atoms with Gasteiger partial charge in [-0.3, -0.25) is 4.79 Å². The predicted octanol–water partition coefficient (Wildman–Crippen LogP) is 2.02. The fraction of sp³-hybridized carbons (Fsp3) is 0.278. The van der Waals surface area contributed by atoms with Gasteiger partial charge >= 0.3 is 0 Å². The maximum absolute atomic E-state index is 12.7. The van der Waals surface area contributed by atoms with Crippen molar-refractivity contribution in [3.05, 3.63) is 60.2 Å². The number of piperidine rings is 1. The van der Waals surface area contributed by atoms with Crippen LogP contribution in [0, 0.1) is 0 Å². The van der Waals surface area contributed by atoms with Crippen molar-refractivity contribution in [3.8, 4) is 0 Å². The van der Waals surface area contributed by atoms with Crippen LogP contribution in [0.1, 0.15) is 23.2 Å². The fourth-order valence-corrected chi connectivity index (χ4v) is 4.93. The average molecular weight is 357 g/mol. The Hall–Kier alpha value is -2.38. The highest BCUT2D eigenvalue weighted by atomic mass is 32.2. The molecule has 2 aliphatic heterocycles. The van der Waals surface area contributed by atoms with E-state index in [0.29, 0.717) is 36.4 Å². The molecule has 6 nitrogen and oxygen atoms in total. The molecule has 2 heterocycles. The predicted molar refractivity (Wildman–Crippen MR) is 94.7 cm³/mol. The van der Waals surface area contributed by atoms with E-state index in [2.05, 4.69) is 10.6 Å². The van der Waals surface area contributed by atoms with Crippen molar-refractivity contribution in [2.75, 3.05) is 18.4 Å². The van der Waals surface area contributed by atoms with Crippen LogP contribution in [0.4, 0.5) is 5.69 Å². The van der Waals surface area contributed by atoms with Gasteiger partial charge in [0.1, 0.15) is 5.66 Å². The van der Waals surface area contributed by atoms with Crippen LogP contribution in [0.25, 0.3) is 0 Å². The molecule has 0 bridgehead atoms. The molecule has 0 saturated carbocycles. The number of amides is 1. The lowest BCUT2D eigenvalue weighted by atomic mass is 9.93. The molecular weight excluding hydrogens is 338 g/mol. The van der Waals surface area contributed by atoms with E-state index in [0.717, 1.165) is 5.69 Å². The number of carbonyl (C=O) groups excluding carboxylic acids is 1. The van der Waals surface area contributed by atoms with Crippen molar-refractivity contribution in [3.63, 3.8) is 0 Å². The molecule has 0 radical (unpaired) electrons. The lowest BCUT2D eigenvalue weighted by Crippen LogP contribution is -2.62. The zero-order valence-corrected chi connectivity index (χ0v) is 14.4. The molecule has 2 aromatic carbocycles. The number of fused-ring (bicyclic) bond motifs is 1. The van der Waals surface area contributed by atoms with Gasteiger partial charge in [-0.05, 0) is 24.3 Å². The highest BCUT2D eigenvalue weighted by Crippen LogP contribution is 2.32. The molecule has 130 valence electrons. The summed E-state index contributed by atoms with van der Waals surface area (Å²) in [6, 6.07) is 15.8. The second-order valence-electron chi connectivity index (χ2n) is 6.42. The smallest absolute Gasteiger partial charge is 0.255 e. The van der Waals surface area contributed by atoms with E-state index < -0.39 is 15.7 Å². The molecule has 1 fully saturated rings. The van der Waals surface area contributed by atoms with E-state index in [4.69, 9.17) is 0 Å². The average Bonchev–Trinajstić information content (AvgIpc) is 2.63. The summed E-state index contributed by atoms with van der Waals surface area (Å²) in [4.78, 5) is 12.7. The Balaban J connectivity index is 1.54. The van der Waals surface area contributed by atoms with Crippen LogP contribution in [0.2, 0.25) is 0 Å². The molecule has 4 rings (SSSR count). The lowest BCUT2D eigenvalue weighted by molar-refractivity contribution is 0.0865. The Bertz CT molecular complexity index is 904. The Morgan fingerprint density at radius 3 is 2.24 bits per heavy atom. The van der Waals surface area contributed by atoms with E-state index >= 15 is 0 Å². The number of hydrogen-bond acceptors (Lipinski definition) is 4. The summed E-state index contributed by atoms with van der Waals surface area (Å²) in [5.41, 5.74) is 0.826. The number of para-hydroxylation sites is 1. The van der Waals surface area contributed by atoms with Gasteiger partial charge in [-0.25, -0.2) is 8.42 Å². The van der Waals surface area contributed by atoms with Crippen molar-refractivity contribution in [2.45, 2.75) is 23.4 Å². The molecule has 1 spiro atoms. The highest BCUT2D eigenvalue weighted by molar-refractivity contribution is 7.89. The van der Waals surface area contributed by atoms with E-state index in [1.165, 1.54) is 4.31 Å². The van der Waals surface area contributed by atoms with Crippen LogP contribution < -0.4 is 10.6 Å². The quantitative estimate of drug-likeness (QED) is 0.862. The maximum atomic E-state index is 12.7. The third kappa shape index (κ3) is 2.79. The lowest BCUT2D eigenvalue weighted by Gasteiger charge is -2.45. The standard InChI is InChI=1S/C18H19N3O3S/c22-17-15-8-4-5-9-16(15)19-18(20-17)10-12-21(13-11-18)25(23,24)14-6-2-1-3-7-14/h1-9,19H,10-13H2,(H,20,22). The number of nitrogens with zero attached hydrogens (tertiary/aromatic N) is 1. The first kappa shape index (κ1) is 16.1. The van der Waals surface area contributed by atoms with Crippen LogP contribution in [0.5, 0.6) is 0 Å². The van der Waals surface area contributed by atoms with Gasteiger partial charge in [0.25, 0.3) is 5.91 Å². The van der Waals surface area contributed by atoms with Crippen molar-refractivity contribution >= 4 is 21.6 Å². The van der Waals surface area contributed by atoms with Crippen LogP contribution in [0.3, 0.4) is 0 Å². The van der Waals surface area contributed by atoms with Gasteiger partial charge < -0.3 is 10.6 Å². The van der Waals surface area contributed by atoms with Gasteiger partial charge in [-0.1, -0.05) is 30.3 Å². The topological polar surface area (TPSA) is 78.5 Å².